The van der Waals surface area contributed by atoms with E-state index in [1.807, 2.05) is 54.6 Å². The van der Waals surface area contributed by atoms with E-state index in [0.29, 0.717) is 16.6 Å². The first kappa shape index (κ1) is 24.6. The van der Waals surface area contributed by atoms with Gasteiger partial charge in [0.15, 0.2) is 0 Å². The van der Waals surface area contributed by atoms with Crippen LogP contribution in [0.2, 0.25) is 10.0 Å². The molecule has 0 radical (unpaired) electrons. The normalized spacial score (nSPS) is 11.5. The maximum atomic E-state index is 13.2. The van der Waals surface area contributed by atoms with E-state index >= 15 is 0 Å². The Balaban J connectivity index is 1.75. The minimum absolute atomic E-state index is 0.135. The van der Waals surface area contributed by atoms with E-state index < -0.39 is 6.04 Å². The number of rotatable bonds is 9. The Hall–Kier alpha value is -3.02. The smallest absolute Gasteiger partial charge is 0.242 e. The van der Waals surface area contributed by atoms with Crippen molar-refractivity contribution in [3.8, 4) is 5.75 Å². The first-order valence-corrected chi connectivity index (χ1v) is 11.3. The van der Waals surface area contributed by atoms with Gasteiger partial charge in [-0.15, -0.1) is 0 Å². The van der Waals surface area contributed by atoms with Gasteiger partial charge in [0.05, 0.1) is 13.5 Å². The van der Waals surface area contributed by atoms with Crippen molar-refractivity contribution in [1.82, 2.24) is 10.2 Å². The molecule has 7 heteroatoms. The average Bonchev–Trinajstić information content (AvgIpc) is 2.82. The summed E-state index contributed by atoms with van der Waals surface area (Å²) in [5.41, 5.74) is 2.54. The molecule has 0 saturated heterocycles. The van der Waals surface area contributed by atoms with Crippen molar-refractivity contribution >= 4 is 35.0 Å². The summed E-state index contributed by atoms with van der Waals surface area (Å²) < 4.78 is 5.21. The van der Waals surface area contributed by atoms with Crippen molar-refractivity contribution in [2.75, 3.05) is 7.11 Å². The van der Waals surface area contributed by atoms with Crippen molar-refractivity contribution in [3.05, 3.63) is 99.5 Å². The van der Waals surface area contributed by atoms with Gasteiger partial charge >= 0.3 is 0 Å². The number of nitrogens with one attached hydrogen (secondary N) is 1. The molecule has 3 aromatic rings. The molecule has 0 saturated carbocycles. The van der Waals surface area contributed by atoms with Crippen LogP contribution in [0.4, 0.5) is 0 Å². The summed E-state index contributed by atoms with van der Waals surface area (Å²) in [7, 11) is 1.60. The summed E-state index contributed by atoms with van der Waals surface area (Å²) in [6, 6.07) is 21.4. The third-order valence-corrected chi connectivity index (χ3v) is 5.93. The van der Waals surface area contributed by atoms with E-state index in [2.05, 4.69) is 5.32 Å². The molecular formula is C26H26Cl2N2O3. The van der Waals surface area contributed by atoms with E-state index in [1.165, 1.54) is 0 Å². The molecule has 33 heavy (non-hydrogen) atoms. The van der Waals surface area contributed by atoms with Crippen LogP contribution < -0.4 is 10.1 Å². The zero-order valence-corrected chi connectivity index (χ0v) is 20.1. The van der Waals surface area contributed by atoms with E-state index in [4.69, 9.17) is 27.9 Å². The first-order valence-electron chi connectivity index (χ1n) is 10.6. The van der Waals surface area contributed by atoms with E-state index in [9.17, 15) is 9.59 Å². The lowest BCUT2D eigenvalue weighted by atomic mass is 10.1. The van der Waals surface area contributed by atoms with Crippen LogP contribution in [0.1, 0.15) is 23.6 Å². The van der Waals surface area contributed by atoms with Gasteiger partial charge in [-0.1, -0.05) is 71.7 Å². The van der Waals surface area contributed by atoms with Crippen LogP contribution >= 0.6 is 23.2 Å². The monoisotopic (exact) mass is 484 g/mol. The summed E-state index contributed by atoms with van der Waals surface area (Å²) in [5, 5.41) is 3.89. The van der Waals surface area contributed by atoms with Crippen LogP contribution in [-0.2, 0) is 29.1 Å². The molecule has 3 aromatic carbocycles. The number of hydrogen-bond acceptors (Lipinski definition) is 3. The van der Waals surface area contributed by atoms with Crippen LogP contribution in [0.25, 0.3) is 0 Å². The van der Waals surface area contributed by atoms with Crippen molar-refractivity contribution in [1.29, 1.82) is 0 Å². The minimum atomic E-state index is -0.686. The number of carbonyl (C=O) groups excluding carboxylic acids is 2. The van der Waals surface area contributed by atoms with Crippen LogP contribution in [0.3, 0.4) is 0 Å². The molecule has 1 atom stereocenters. The summed E-state index contributed by atoms with van der Waals surface area (Å²) in [5.74, 6) is 0.326. The van der Waals surface area contributed by atoms with Crippen LogP contribution in [-0.4, -0.2) is 29.9 Å². The molecule has 0 heterocycles. The first-order chi connectivity index (χ1) is 15.9. The highest BCUT2D eigenvalue weighted by atomic mass is 35.5. The number of amides is 2. The maximum Gasteiger partial charge on any atom is 0.242 e. The Labute approximate surface area is 204 Å². The van der Waals surface area contributed by atoms with Gasteiger partial charge in [-0.25, -0.2) is 0 Å². The highest BCUT2D eigenvalue weighted by Gasteiger charge is 2.26. The fraction of sp³-hybridized carbons (Fsp3) is 0.231. The summed E-state index contributed by atoms with van der Waals surface area (Å²) >= 11 is 12.2. The number of benzene rings is 3. The highest BCUT2D eigenvalue weighted by Crippen LogP contribution is 2.21. The number of halogens is 2. The molecule has 0 spiro atoms. The molecule has 5 nitrogen and oxygen atoms in total. The lowest BCUT2D eigenvalue weighted by Gasteiger charge is -2.29. The summed E-state index contributed by atoms with van der Waals surface area (Å²) in [6.07, 6.45) is 0.206. The second-order valence-electron chi connectivity index (χ2n) is 7.66. The maximum absolute atomic E-state index is 13.2. The topological polar surface area (TPSA) is 58.6 Å². The van der Waals surface area contributed by atoms with Gasteiger partial charge in [-0.2, -0.15) is 0 Å². The second-order valence-corrected chi connectivity index (χ2v) is 8.51. The van der Waals surface area contributed by atoms with E-state index in [-0.39, 0.29) is 24.8 Å². The molecule has 3 rings (SSSR count). The zero-order valence-electron chi connectivity index (χ0n) is 18.6. The lowest BCUT2D eigenvalue weighted by molar-refractivity contribution is -0.140. The predicted octanol–water partition coefficient (Wildman–Crippen LogP) is 5.28. The van der Waals surface area contributed by atoms with E-state index in [1.54, 1.807) is 37.1 Å². The largest absolute Gasteiger partial charge is 0.497 e. The fourth-order valence-electron chi connectivity index (χ4n) is 3.38. The number of nitrogens with zero attached hydrogens (tertiary/aromatic N) is 1. The second kappa shape index (κ2) is 11.7. The molecule has 172 valence electrons. The Bertz CT molecular complexity index is 1090. The van der Waals surface area contributed by atoms with Gasteiger partial charge in [0.25, 0.3) is 0 Å². The number of hydrogen-bond donors (Lipinski definition) is 1. The van der Waals surface area contributed by atoms with E-state index in [0.717, 1.165) is 22.4 Å². The van der Waals surface area contributed by atoms with Gasteiger partial charge in [0.2, 0.25) is 11.8 Å². The SMILES string of the molecule is COc1ccc(CN(C(=O)Cc2ccccc2)[C@@H](C)C(=O)NCc2ccc(Cl)cc2Cl)cc1. The Kier molecular flexibility index (Phi) is 8.75. The summed E-state index contributed by atoms with van der Waals surface area (Å²) in [6.45, 7) is 2.26. The standard InChI is InChI=1S/C26H26Cl2N2O3/c1-18(26(32)29-16-21-10-11-22(27)15-24(21)28)30(17-20-8-12-23(33-2)13-9-20)25(31)14-19-6-4-3-5-7-19/h3-13,15,18H,14,16-17H2,1-2H3,(H,29,32)/t18-/m0/s1. The van der Waals surface area contributed by atoms with Gasteiger partial charge in [0.1, 0.15) is 11.8 Å². The summed E-state index contributed by atoms with van der Waals surface area (Å²) in [4.78, 5) is 27.8. The number of methoxy groups -OCH3 is 1. The molecule has 0 aliphatic heterocycles. The molecular weight excluding hydrogens is 459 g/mol. The quantitative estimate of drug-likeness (QED) is 0.449. The van der Waals surface area contributed by atoms with Gasteiger partial charge < -0.3 is 15.0 Å². The van der Waals surface area contributed by atoms with Crippen LogP contribution in [0.15, 0.2) is 72.8 Å². The molecule has 1 N–H and O–H groups in total. The Morgan fingerprint density at radius 3 is 2.30 bits per heavy atom. The van der Waals surface area contributed by atoms with Crippen molar-refractivity contribution in [3.63, 3.8) is 0 Å². The predicted molar refractivity (Wildman–Crippen MR) is 131 cm³/mol. The molecule has 0 fully saturated rings. The van der Waals surface area contributed by atoms with Gasteiger partial charge in [0, 0.05) is 23.1 Å². The third-order valence-electron chi connectivity index (χ3n) is 5.35. The fourth-order valence-corrected chi connectivity index (χ4v) is 3.85. The van der Waals surface area contributed by atoms with Crippen molar-refractivity contribution in [2.45, 2.75) is 32.5 Å². The highest BCUT2D eigenvalue weighted by molar-refractivity contribution is 6.35. The molecule has 0 bridgehead atoms. The number of ether oxygens (including phenoxy) is 1. The lowest BCUT2D eigenvalue weighted by Crippen LogP contribution is -2.48. The average molecular weight is 485 g/mol. The molecule has 0 aliphatic carbocycles. The molecule has 0 aromatic heterocycles. The number of carbonyl (C=O) groups is 2. The van der Waals surface area contributed by atoms with Crippen molar-refractivity contribution in [2.24, 2.45) is 0 Å². The third kappa shape index (κ3) is 6.98. The zero-order chi connectivity index (χ0) is 23.8. The van der Waals surface area contributed by atoms with Gasteiger partial charge in [-0.3, -0.25) is 9.59 Å². The molecule has 2 amide bonds. The Morgan fingerprint density at radius 1 is 0.970 bits per heavy atom. The van der Waals surface area contributed by atoms with Crippen molar-refractivity contribution < 1.29 is 14.3 Å². The molecule has 0 unspecified atom stereocenters. The van der Waals surface area contributed by atoms with Crippen LogP contribution in [0, 0.1) is 0 Å². The van der Waals surface area contributed by atoms with Crippen LogP contribution in [0.5, 0.6) is 5.75 Å². The molecule has 0 aliphatic rings. The van der Waals surface area contributed by atoms with Gasteiger partial charge in [-0.05, 0) is 47.9 Å². The minimum Gasteiger partial charge on any atom is -0.497 e. The Morgan fingerprint density at radius 2 is 1.67 bits per heavy atom.